The highest BCUT2D eigenvalue weighted by atomic mass is 16.7. The Kier molecular flexibility index (Phi) is 17.4. The van der Waals surface area contributed by atoms with E-state index in [1.54, 1.807) is 96.0 Å². The second-order valence-corrected chi connectivity index (χ2v) is 27.8. The highest BCUT2D eigenvalue weighted by Gasteiger charge is 2.79. The van der Waals surface area contributed by atoms with Crippen LogP contribution in [0.4, 0.5) is 26.7 Å². The molecule has 1 atom stereocenters. The summed E-state index contributed by atoms with van der Waals surface area (Å²) in [4.78, 5) is 79.0. The SMILES string of the molecule is Cc1ccccc1CN(C(=O)n1nc(-c2cc(NC(=O)c3ccc4c(c3)OCO4)ccc2O)cc1C1CCCC1)[N+]1(C(=O)NCc2ccccc2)NC(c2cc(NC(=O)c3ccc4c(c3)OCO4)ccc2O)(c2cc(NC(=O)c3ccc4c(c3)OCO4)ccc2O)CC1(C1CCCC1)C1CCCC1. The van der Waals surface area contributed by atoms with Crippen molar-refractivity contribution in [1.82, 2.24) is 25.5 Å². The topological polar surface area (TPSA) is 283 Å². The zero-order valence-corrected chi connectivity index (χ0v) is 56.7. The number of hydrogen-bond acceptors (Lipinski definition) is 16. The number of hydrogen-bond donors (Lipinski definition) is 8. The maximum atomic E-state index is 17.9. The molecule has 7 aliphatic rings. The summed E-state index contributed by atoms with van der Waals surface area (Å²) in [6, 6.07) is 46.3. The Bertz CT molecular complexity index is 4690. The predicted octanol–water partition coefficient (Wildman–Crippen LogP) is 14.7. The van der Waals surface area contributed by atoms with E-state index in [-0.39, 0.29) is 120 Å². The number of phenolic OH excluding ortho intramolecular Hbond substituents is 3. The minimum Gasteiger partial charge on any atom is -0.508 e. The number of carbonyl (C=O) groups excluding carboxylic acids is 5. The number of benzene rings is 8. The van der Waals surface area contributed by atoms with E-state index >= 15 is 9.59 Å². The third-order valence-corrected chi connectivity index (χ3v) is 21.9. The number of carbonyl (C=O) groups is 5. The van der Waals surface area contributed by atoms with Gasteiger partial charge in [-0.15, -0.1) is 10.4 Å². The summed E-state index contributed by atoms with van der Waals surface area (Å²) in [6.45, 7) is 1.77. The summed E-state index contributed by atoms with van der Waals surface area (Å²) in [5, 5.41) is 57.9. The number of amides is 6. The van der Waals surface area contributed by atoms with Gasteiger partial charge in [0, 0.05) is 81.2 Å². The number of nitrogens with one attached hydrogen (secondary N) is 5. The molecule has 8 aromatic carbocycles. The van der Waals surface area contributed by atoms with Gasteiger partial charge in [-0.25, -0.2) is 9.59 Å². The van der Waals surface area contributed by atoms with Crippen LogP contribution in [0.2, 0.25) is 0 Å². The number of phenols is 3. The van der Waals surface area contributed by atoms with E-state index in [0.717, 1.165) is 49.7 Å². The van der Waals surface area contributed by atoms with E-state index in [0.29, 0.717) is 95.5 Å². The van der Waals surface area contributed by atoms with Crippen LogP contribution >= 0.6 is 0 Å². The molecule has 103 heavy (non-hydrogen) atoms. The molecule has 23 heteroatoms. The molecular formula is C80H78N9O14+. The van der Waals surface area contributed by atoms with Crippen LogP contribution in [0.1, 0.15) is 154 Å². The molecule has 526 valence electrons. The predicted molar refractivity (Wildman–Crippen MR) is 380 cm³/mol. The van der Waals surface area contributed by atoms with Gasteiger partial charge >= 0.3 is 12.1 Å². The first-order valence-corrected chi connectivity index (χ1v) is 35.3. The lowest BCUT2D eigenvalue weighted by Crippen LogP contribution is -2.82. The van der Waals surface area contributed by atoms with Crippen molar-refractivity contribution < 1.29 is 72.4 Å². The Hall–Kier alpha value is -11.6. The van der Waals surface area contributed by atoms with E-state index in [1.165, 1.54) is 22.9 Å². The highest BCUT2D eigenvalue weighted by molar-refractivity contribution is 6.06. The van der Waals surface area contributed by atoms with Crippen LogP contribution in [-0.4, -0.2) is 90.5 Å². The Labute approximate surface area is 593 Å². The summed E-state index contributed by atoms with van der Waals surface area (Å²) in [6.07, 6.45) is 8.71. The third kappa shape index (κ3) is 12.0. The van der Waals surface area contributed by atoms with Crippen molar-refractivity contribution in [3.63, 3.8) is 0 Å². The van der Waals surface area contributed by atoms with Crippen LogP contribution in [0, 0.1) is 18.8 Å². The zero-order valence-electron chi connectivity index (χ0n) is 56.7. The van der Waals surface area contributed by atoms with Gasteiger partial charge < -0.3 is 59.7 Å². The zero-order chi connectivity index (χ0) is 70.6. The number of quaternary nitrogens is 1. The molecule has 4 fully saturated rings. The summed E-state index contributed by atoms with van der Waals surface area (Å²) in [5.41, 5.74) is 5.80. The lowest BCUT2D eigenvalue weighted by Gasteiger charge is -2.53. The summed E-state index contributed by atoms with van der Waals surface area (Å²) in [5.74, 6) is -0.447. The van der Waals surface area contributed by atoms with Gasteiger partial charge in [-0.2, -0.15) is 9.78 Å². The molecule has 3 aliphatic carbocycles. The quantitative estimate of drug-likeness (QED) is 0.0330. The highest BCUT2D eigenvalue weighted by Crippen LogP contribution is 2.64. The Morgan fingerprint density at radius 2 is 1.00 bits per heavy atom. The number of anilines is 3. The number of aryl methyl sites for hydroxylation is 1. The number of ether oxygens (including phenoxy) is 6. The molecule has 1 unspecified atom stereocenters. The lowest BCUT2D eigenvalue weighted by molar-refractivity contribution is -1.03. The Balaban J connectivity index is 0.924. The normalized spacial score (nSPS) is 18.4. The maximum absolute atomic E-state index is 17.9. The molecule has 23 nitrogen and oxygen atoms in total. The van der Waals surface area contributed by atoms with Gasteiger partial charge in [-0.3, -0.25) is 19.7 Å². The van der Waals surface area contributed by atoms with Gasteiger partial charge in [0.15, 0.2) is 40.0 Å². The van der Waals surface area contributed by atoms with Crippen molar-refractivity contribution in [1.29, 1.82) is 0 Å². The monoisotopic (exact) mass is 1390 g/mol. The van der Waals surface area contributed by atoms with Crippen molar-refractivity contribution in [3.05, 3.63) is 220 Å². The number of nitrogens with zero attached hydrogens (tertiary/aromatic N) is 4. The number of urea groups is 1. The fourth-order valence-electron chi connectivity index (χ4n) is 16.9. The lowest BCUT2D eigenvalue weighted by atomic mass is 9.64. The number of aromatic hydroxyl groups is 3. The first-order chi connectivity index (χ1) is 50.1. The van der Waals surface area contributed by atoms with Crippen molar-refractivity contribution in [2.45, 2.75) is 120 Å². The number of rotatable bonds is 16. The summed E-state index contributed by atoms with van der Waals surface area (Å²) < 4.78 is 34.1. The molecule has 8 N–H and O–H groups in total. The number of aromatic nitrogens is 2. The van der Waals surface area contributed by atoms with Gasteiger partial charge in [0.25, 0.3) is 17.7 Å². The summed E-state index contributed by atoms with van der Waals surface area (Å²) >= 11 is 0. The molecule has 9 aromatic rings. The molecule has 1 aromatic heterocycles. The fourth-order valence-corrected chi connectivity index (χ4v) is 16.9. The molecule has 4 aliphatic heterocycles. The average molecular weight is 1390 g/mol. The van der Waals surface area contributed by atoms with Crippen molar-refractivity contribution in [2.24, 2.45) is 11.8 Å². The summed E-state index contributed by atoms with van der Waals surface area (Å²) in [7, 11) is 0. The van der Waals surface area contributed by atoms with E-state index in [9.17, 15) is 29.7 Å². The standard InChI is InChI=1S/C80H77N9O14/c1-48-13-5-6-18-54(48)43-87(78(97)88-64(50-16-7-8-17-50)41-63(85-88)60-38-57(26-29-65(60)90)82-74(93)51-23-32-68-71(35-51)101-45-98-68)89(77(96)81-42-49-14-3-2-4-15-49)80(55-19-9-10-20-55,56-21-11-12-22-56)44-79(86-89,61-39-58(27-30-66(61)91)83-75(94)52-24-33-69-72(36-52)102-46-99-69)62-40-59(28-31-67(62)92)84-76(95)53-25-34-70-73(37-53)103-47-100-70/h2-6,13-15,18,23-41,50,55-56,86H,7-12,16-17,19-22,42-47H2,1H3,(H6-,81,82,83,84,85,90,91,92,93,94,95,96)/p+1. The molecule has 5 heterocycles. The van der Waals surface area contributed by atoms with Gasteiger partial charge in [-0.05, 0) is 177 Å². The molecule has 0 spiro atoms. The smallest absolute Gasteiger partial charge is 0.462 e. The van der Waals surface area contributed by atoms with E-state index < -0.39 is 45.6 Å². The maximum Gasteiger partial charge on any atom is 0.462 e. The van der Waals surface area contributed by atoms with Crippen LogP contribution in [0.15, 0.2) is 170 Å². The minimum absolute atomic E-state index is 0.00543. The van der Waals surface area contributed by atoms with Gasteiger partial charge in [-0.1, -0.05) is 97.8 Å². The van der Waals surface area contributed by atoms with Crippen LogP contribution in [0.5, 0.6) is 51.7 Å². The minimum atomic E-state index is -1.96. The average Bonchev–Trinajstić information content (AvgIpc) is 1.51. The molecular weight excluding hydrogens is 1310 g/mol. The molecule has 1 saturated heterocycles. The van der Waals surface area contributed by atoms with Crippen molar-refractivity contribution in [2.75, 3.05) is 36.3 Å². The van der Waals surface area contributed by atoms with Crippen molar-refractivity contribution in [3.8, 4) is 63.0 Å². The second kappa shape index (κ2) is 27.1. The van der Waals surface area contributed by atoms with Crippen LogP contribution in [0.3, 0.4) is 0 Å². The Morgan fingerprint density at radius 3 is 1.51 bits per heavy atom. The first kappa shape index (κ1) is 66.0. The molecule has 0 bridgehead atoms. The fraction of sp³-hybridized carbons (Fsp3) is 0.300. The molecule has 16 rings (SSSR count). The van der Waals surface area contributed by atoms with Crippen LogP contribution in [0.25, 0.3) is 11.3 Å². The number of fused-ring (bicyclic) bond motifs is 3. The molecule has 3 saturated carbocycles. The molecule has 6 amide bonds. The third-order valence-electron chi connectivity index (χ3n) is 21.9. The van der Waals surface area contributed by atoms with E-state index in [4.69, 9.17) is 33.5 Å². The van der Waals surface area contributed by atoms with Crippen molar-refractivity contribution >= 4 is 46.8 Å². The largest absolute Gasteiger partial charge is 0.508 e. The Morgan fingerprint density at radius 1 is 0.534 bits per heavy atom. The second-order valence-electron chi connectivity index (χ2n) is 27.8. The van der Waals surface area contributed by atoms with Crippen LogP contribution in [-0.2, 0) is 18.6 Å². The van der Waals surface area contributed by atoms with Gasteiger partial charge in [0.05, 0.1) is 11.4 Å². The van der Waals surface area contributed by atoms with E-state index in [2.05, 4.69) is 26.7 Å². The molecule has 0 radical (unpaired) electrons. The van der Waals surface area contributed by atoms with E-state index in [1.807, 2.05) is 67.6 Å². The van der Waals surface area contributed by atoms with Crippen LogP contribution < -0.4 is 55.1 Å². The first-order valence-electron chi connectivity index (χ1n) is 35.3. The van der Waals surface area contributed by atoms with Gasteiger partial charge in [0.2, 0.25) is 20.4 Å². The van der Waals surface area contributed by atoms with Gasteiger partial charge in [0.1, 0.15) is 29.3 Å².